The van der Waals surface area contributed by atoms with Crippen LogP contribution in [-0.2, 0) is 9.84 Å². The molecule has 1 aromatic heterocycles. The maximum atomic E-state index is 12.3. The lowest BCUT2D eigenvalue weighted by atomic mass is 10.2. The number of thiophene rings is 1. The van der Waals surface area contributed by atoms with Crippen LogP contribution in [0.15, 0.2) is 35.2 Å². The Morgan fingerprint density at radius 3 is 2.19 bits per heavy atom. The summed E-state index contributed by atoms with van der Waals surface area (Å²) in [5, 5.41) is 0. The molecule has 0 radical (unpaired) electrons. The van der Waals surface area contributed by atoms with Gasteiger partial charge in [0.25, 0.3) is 5.91 Å². The normalized spacial score (nSPS) is 11.4. The first-order chi connectivity index (χ1) is 9.70. The van der Waals surface area contributed by atoms with Crippen LogP contribution in [0.4, 0.5) is 5.69 Å². The van der Waals surface area contributed by atoms with Gasteiger partial charge in [-0.2, -0.15) is 0 Å². The van der Waals surface area contributed by atoms with Gasteiger partial charge >= 0.3 is 0 Å². The molecule has 0 spiro atoms. The van der Waals surface area contributed by atoms with Crippen LogP contribution in [0.25, 0.3) is 0 Å². The van der Waals surface area contributed by atoms with Crippen molar-refractivity contribution in [3.8, 4) is 0 Å². The fourth-order valence-electron chi connectivity index (χ4n) is 1.70. The van der Waals surface area contributed by atoms with Crippen LogP contribution in [0.5, 0.6) is 0 Å². The van der Waals surface area contributed by atoms with Crippen molar-refractivity contribution in [3.63, 3.8) is 0 Å². The number of halogens is 2. The van der Waals surface area contributed by atoms with Gasteiger partial charge < -0.3 is 4.90 Å². The van der Waals surface area contributed by atoms with E-state index in [1.807, 2.05) is 0 Å². The van der Waals surface area contributed by atoms with Crippen molar-refractivity contribution in [2.45, 2.75) is 4.90 Å². The third-order valence-corrected chi connectivity index (χ3v) is 5.46. The number of rotatable bonds is 3. The number of carbonyl (C=O) groups excluding carboxylic acids is 1. The highest BCUT2D eigenvalue weighted by atomic mass is 35.5. The summed E-state index contributed by atoms with van der Waals surface area (Å²) in [5.74, 6) is -0.310. The molecule has 4 nitrogen and oxygen atoms in total. The van der Waals surface area contributed by atoms with Crippen LogP contribution in [0.1, 0.15) is 10.4 Å². The largest absolute Gasteiger partial charge is 0.311 e. The number of benzene rings is 1. The summed E-state index contributed by atoms with van der Waals surface area (Å²) in [6, 6.07) is 7.55. The van der Waals surface area contributed by atoms with E-state index in [1.165, 1.54) is 23.1 Å². The van der Waals surface area contributed by atoms with Gasteiger partial charge in [0.1, 0.15) is 4.34 Å². The highest BCUT2D eigenvalue weighted by Crippen LogP contribution is 2.32. The van der Waals surface area contributed by atoms with Crippen LogP contribution in [0.2, 0.25) is 8.67 Å². The average molecular weight is 364 g/mol. The number of sulfone groups is 1. The highest BCUT2D eigenvalue weighted by Gasteiger charge is 2.19. The Bertz CT molecular complexity index is 782. The molecule has 8 heteroatoms. The van der Waals surface area contributed by atoms with E-state index in [1.54, 1.807) is 19.2 Å². The smallest absolute Gasteiger partial charge is 0.260 e. The van der Waals surface area contributed by atoms with E-state index < -0.39 is 9.84 Å². The second-order valence-corrected chi connectivity index (χ2v) is 8.67. The van der Waals surface area contributed by atoms with Gasteiger partial charge in [0.05, 0.1) is 14.8 Å². The van der Waals surface area contributed by atoms with E-state index in [0.717, 1.165) is 17.6 Å². The lowest BCUT2D eigenvalue weighted by molar-refractivity contribution is 0.0993. The predicted molar refractivity (Wildman–Crippen MR) is 86.6 cm³/mol. The molecule has 1 amide bonds. The van der Waals surface area contributed by atoms with Crippen molar-refractivity contribution < 1.29 is 13.2 Å². The number of anilines is 1. The summed E-state index contributed by atoms with van der Waals surface area (Å²) in [6.07, 6.45) is 1.13. The lowest BCUT2D eigenvalue weighted by Crippen LogP contribution is -2.26. The molecule has 0 atom stereocenters. The second kappa shape index (κ2) is 5.96. The number of carbonyl (C=O) groups is 1. The molecule has 0 bridgehead atoms. The molecule has 0 saturated carbocycles. The van der Waals surface area contributed by atoms with Crippen molar-refractivity contribution in [3.05, 3.63) is 44.6 Å². The summed E-state index contributed by atoms with van der Waals surface area (Å²) in [4.78, 5) is 13.9. The Hall–Kier alpha value is -1.08. The molecular formula is C13H11Cl2NO3S2. The number of amides is 1. The first-order valence-electron chi connectivity index (χ1n) is 5.73. The summed E-state index contributed by atoms with van der Waals surface area (Å²) in [6.45, 7) is 0. The van der Waals surface area contributed by atoms with Crippen molar-refractivity contribution in [1.29, 1.82) is 0 Å². The van der Waals surface area contributed by atoms with Crippen molar-refractivity contribution in [2.24, 2.45) is 0 Å². The van der Waals surface area contributed by atoms with Gasteiger partial charge in [0, 0.05) is 19.0 Å². The molecule has 2 aromatic rings. The SMILES string of the molecule is CN(C(=O)c1cc(Cl)sc1Cl)c1ccc(S(C)(=O)=O)cc1. The van der Waals surface area contributed by atoms with Crippen molar-refractivity contribution in [1.82, 2.24) is 0 Å². The van der Waals surface area contributed by atoms with Gasteiger partial charge in [-0.25, -0.2) is 8.42 Å². The molecule has 0 fully saturated rings. The molecule has 0 unspecified atom stereocenters. The van der Waals surface area contributed by atoms with Gasteiger partial charge in [0.15, 0.2) is 9.84 Å². The minimum Gasteiger partial charge on any atom is -0.311 e. The fraction of sp³-hybridized carbons (Fsp3) is 0.154. The van der Waals surface area contributed by atoms with Crippen LogP contribution >= 0.6 is 34.5 Å². The molecule has 2 rings (SSSR count). The molecule has 1 aromatic carbocycles. The average Bonchev–Trinajstić information content (AvgIpc) is 2.75. The Balaban J connectivity index is 2.30. The molecule has 1 heterocycles. The summed E-state index contributed by atoms with van der Waals surface area (Å²) in [7, 11) is -1.68. The number of nitrogens with zero attached hydrogens (tertiary/aromatic N) is 1. The Labute approximate surface area is 136 Å². The minimum absolute atomic E-state index is 0.198. The Morgan fingerprint density at radius 1 is 1.19 bits per heavy atom. The molecule has 112 valence electrons. The van der Waals surface area contributed by atoms with Gasteiger partial charge in [0.2, 0.25) is 0 Å². The van der Waals surface area contributed by atoms with Crippen LogP contribution in [0.3, 0.4) is 0 Å². The Morgan fingerprint density at radius 2 is 1.76 bits per heavy atom. The van der Waals surface area contributed by atoms with Crippen molar-refractivity contribution >= 4 is 56.0 Å². The Kier molecular flexibility index (Phi) is 4.63. The van der Waals surface area contributed by atoms with E-state index in [4.69, 9.17) is 23.2 Å². The van der Waals surface area contributed by atoms with Gasteiger partial charge in [-0.15, -0.1) is 11.3 Å². The van der Waals surface area contributed by atoms with Crippen LogP contribution in [0, 0.1) is 0 Å². The molecule has 21 heavy (non-hydrogen) atoms. The third kappa shape index (κ3) is 3.58. The molecule has 0 aliphatic heterocycles. The van der Waals surface area contributed by atoms with Crippen LogP contribution < -0.4 is 4.90 Å². The van der Waals surface area contributed by atoms with E-state index in [-0.39, 0.29) is 10.8 Å². The molecule has 0 N–H and O–H groups in total. The summed E-state index contributed by atoms with van der Waals surface area (Å²) >= 11 is 12.9. The monoisotopic (exact) mass is 363 g/mol. The maximum absolute atomic E-state index is 12.3. The minimum atomic E-state index is -3.26. The highest BCUT2D eigenvalue weighted by molar-refractivity contribution is 7.90. The topological polar surface area (TPSA) is 54.5 Å². The second-order valence-electron chi connectivity index (χ2n) is 4.37. The zero-order valence-corrected chi connectivity index (χ0v) is 14.3. The molecule has 0 aliphatic carbocycles. The first kappa shape index (κ1) is 16.3. The quantitative estimate of drug-likeness (QED) is 0.834. The van der Waals surface area contributed by atoms with E-state index in [9.17, 15) is 13.2 Å². The summed E-state index contributed by atoms with van der Waals surface area (Å²) in [5.41, 5.74) is 0.882. The number of hydrogen-bond acceptors (Lipinski definition) is 4. The molecule has 0 saturated heterocycles. The lowest BCUT2D eigenvalue weighted by Gasteiger charge is -2.17. The van der Waals surface area contributed by atoms with E-state index in [0.29, 0.717) is 19.9 Å². The van der Waals surface area contributed by atoms with E-state index in [2.05, 4.69) is 0 Å². The van der Waals surface area contributed by atoms with E-state index >= 15 is 0 Å². The van der Waals surface area contributed by atoms with Crippen LogP contribution in [-0.4, -0.2) is 27.6 Å². The van der Waals surface area contributed by atoms with Gasteiger partial charge in [-0.3, -0.25) is 4.79 Å². The van der Waals surface area contributed by atoms with Gasteiger partial charge in [-0.1, -0.05) is 23.2 Å². The third-order valence-electron chi connectivity index (χ3n) is 2.84. The summed E-state index contributed by atoms with van der Waals surface area (Å²) < 4.78 is 23.6. The zero-order chi connectivity index (χ0) is 15.8. The van der Waals surface area contributed by atoms with Gasteiger partial charge in [-0.05, 0) is 30.3 Å². The first-order valence-corrected chi connectivity index (χ1v) is 9.19. The molecular weight excluding hydrogens is 353 g/mol. The maximum Gasteiger partial charge on any atom is 0.260 e. The number of hydrogen-bond donors (Lipinski definition) is 0. The standard InChI is InChI=1S/C13H11Cl2NO3S2/c1-16(13(17)10-7-11(14)20-12(10)15)8-3-5-9(6-4-8)21(2,18)19/h3-7H,1-2H3. The predicted octanol–water partition coefficient (Wildman–Crippen LogP) is 3.74. The fourth-order valence-corrected chi connectivity index (χ4v) is 3.78. The van der Waals surface area contributed by atoms with Crippen molar-refractivity contribution in [2.75, 3.05) is 18.2 Å². The zero-order valence-electron chi connectivity index (χ0n) is 11.1. The molecule has 0 aliphatic rings.